The molecule has 0 bridgehead atoms. The van der Waals surface area contributed by atoms with Crippen LogP contribution >= 0.6 is 0 Å². The molecule has 1 N–H and O–H groups in total. The molecule has 1 fully saturated rings. The van der Waals surface area contributed by atoms with Gasteiger partial charge >= 0.3 is 0 Å². The second kappa shape index (κ2) is 7.11. The summed E-state index contributed by atoms with van der Waals surface area (Å²) in [6.07, 6.45) is 8.35. The zero-order valence-electron chi connectivity index (χ0n) is 13.7. The maximum absolute atomic E-state index is 5.84. The number of nitrogens with one attached hydrogen (secondary N) is 1. The molecule has 0 unspecified atom stereocenters. The van der Waals surface area contributed by atoms with Crippen molar-refractivity contribution >= 4 is 10.9 Å². The molecular weight excluding hydrogens is 300 g/mol. The van der Waals surface area contributed by atoms with E-state index in [4.69, 9.17) is 4.74 Å². The highest BCUT2D eigenvalue weighted by Gasteiger charge is 2.19. The monoisotopic (exact) mass is 322 g/mol. The molecule has 1 aliphatic rings. The van der Waals surface area contributed by atoms with E-state index in [1.165, 1.54) is 16.5 Å². The number of rotatable bonds is 4. The molecule has 0 aliphatic carbocycles. The van der Waals surface area contributed by atoms with Crippen LogP contribution in [0, 0.1) is 5.92 Å². The predicted octanol–water partition coefficient (Wildman–Crippen LogP) is 2.65. The fourth-order valence-corrected chi connectivity index (χ4v) is 3.42. The van der Waals surface area contributed by atoms with E-state index in [0.29, 0.717) is 5.92 Å². The van der Waals surface area contributed by atoms with Crippen molar-refractivity contribution in [2.24, 2.45) is 5.92 Å². The number of benzene rings is 1. The molecule has 1 saturated heterocycles. The summed E-state index contributed by atoms with van der Waals surface area (Å²) in [4.78, 5) is 14.2. The Morgan fingerprint density at radius 3 is 3.17 bits per heavy atom. The quantitative estimate of drug-likeness (QED) is 0.802. The fourth-order valence-electron chi connectivity index (χ4n) is 3.42. The van der Waals surface area contributed by atoms with Gasteiger partial charge in [-0.2, -0.15) is 0 Å². The van der Waals surface area contributed by atoms with Gasteiger partial charge in [0.05, 0.1) is 18.9 Å². The van der Waals surface area contributed by atoms with Crippen LogP contribution in [0.2, 0.25) is 0 Å². The largest absolute Gasteiger partial charge is 0.380 e. The minimum Gasteiger partial charge on any atom is -0.380 e. The second-order valence-corrected chi connectivity index (χ2v) is 6.48. The van der Waals surface area contributed by atoms with Gasteiger partial charge in [0, 0.05) is 49.9 Å². The van der Waals surface area contributed by atoms with Gasteiger partial charge in [-0.3, -0.25) is 14.9 Å². The first-order valence-electron chi connectivity index (χ1n) is 8.48. The summed E-state index contributed by atoms with van der Waals surface area (Å²) < 4.78 is 5.84. The van der Waals surface area contributed by atoms with Crippen LogP contribution in [0.25, 0.3) is 10.9 Å². The Morgan fingerprint density at radius 1 is 1.25 bits per heavy atom. The zero-order chi connectivity index (χ0) is 16.2. The van der Waals surface area contributed by atoms with Gasteiger partial charge in [0.1, 0.15) is 0 Å². The Kier molecular flexibility index (Phi) is 4.53. The zero-order valence-corrected chi connectivity index (χ0v) is 13.7. The molecule has 5 nitrogen and oxygen atoms in total. The summed E-state index contributed by atoms with van der Waals surface area (Å²) in [5.41, 5.74) is 3.59. The van der Waals surface area contributed by atoms with Crippen LogP contribution in [0.1, 0.15) is 11.3 Å². The van der Waals surface area contributed by atoms with Crippen LogP contribution in [0.4, 0.5) is 0 Å². The normalized spacial score (nSPS) is 19.4. The highest BCUT2D eigenvalue weighted by molar-refractivity contribution is 5.79. The molecule has 124 valence electrons. The number of nitrogens with zero attached hydrogens (tertiary/aromatic N) is 3. The lowest BCUT2D eigenvalue weighted by Gasteiger charge is -2.23. The lowest BCUT2D eigenvalue weighted by molar-refractivity contribution is 0.121. The van der Waals surface area contributed by atoms with Gasteiger partial charge in [0.2, 0.25) is 0 Å². The second-order valence-electron chi connectivity index (χ2n) is 6.48. The van der Waals surface area contributed by atoms with Crippen molar-refractivity contribution in [3.8, 4) is 0 Å². The topological polar surface area (TPSA) is 54.0 Å². The van der Waals surface area contributed by atoms with Crippen molar-refractivity contribution in [1.82, 2.24) is 19.9 Å². The Balaban J connectivity index is 1.43. The van der Waals surface area contributed by atoms with E-state index < -0.39 is 0 Å². The van der Waals surface area contributed by atoms with Crippen LogP contribution < -0.4 is 0 Å². The Hall–Kier alpha value is -2.24. The van der Waals surface area contributed by atoms with E-state index in [9.17, 15) is 0 Å². The number of aromatic amines is 1. The van der Waals surface area contributed by atoms with Gasteiger partial charge in [-0.1, -0.05) is 6.07 Å². The molecule has 0 saturated carbocycles. The molecule has 0 spiro atoms. The van der Waals surface area contributed by atoms with Crippen LogP contribution in [-0.4, -0.2) is 46.2 Å². The number of hydrogen-bond donors (Lipinski definition) is 1. The van der Waals surface area contributed by atoms with E-state index in [1.54, 1.807) is 12.4 Å². The van der Waals surface area contributed by atoms with E-state index in [-0.39, 0.29) is 0 Å². The van der Waals surface area contributed by atoms with Crippen molar-refractivity contribution in [1.29, 1.82) is 0 Å². The maximum atomic E-state index is 5.84. The lowest BCUT2D eigenvalue weighted by Crippen LogP contribution is -2.30. The first kappa shape index (κ1) is 15.3. The number of fused-ring (bicyclic) bond motifs is 1. The van der Waals surface area contributed by atoms with E-state index in [1.807, 2.05) is 12.4 Å². The molecule has 1 atom stereocenters. The molecule has 24 heavy (non-hydrogen) atoms. The molecule has 3 aromatic rings. The van der Waals surface area contributed by atoms with Crippen LogP contribution in [0.3, 0.4) is 0 Å². The highest BCUT2D eigenvalue weighted by Crippen LogP contribution is 2.19. The van der Waals surface area contributed by atoms with Crippen LogP contribution in [-0.2, 0) is 17.7 Å². The first-order chi connectivity index (χ1) is 11.9. The molecule has 0 radical (unpaired) electrons. The molecule has 2 aromatic heterocycles. The molecule has 5 heteroatoms. The summed E-state index contributed by atoms with van der Waals surface area (Å²) >= 11 is 0. The summed E-state index contributed by atoms with van der Waals surface area (Å²) in [6, 6.07) is 8.79. The van der Waals surface area contributed by atoms with Crippen molar-refractivity contribution in [2.75, 3.05) is 26.3 Å². The SMILES string of the molecule is c1cnc(CN2CCOC[C@@H](Cc3ccc4[nH]ccc4c3)C2)cn1. The molecular formula is C19H22N4O. The molecule has 1 aliphatic heterocycles. The molecule has 4 rings (SSSR count). The Labute approximate surface area is 141 Å². The summed E-state index contributed by atoms with van der Waals surface area (Å²) in [6.45, 7) is 4.42. The first-order valence-corrected chi connectivity index (χ1v) is 8.48. The van der Waals surface area contributed by atoms with Crippen molar-refractivity contribution in [3.63, 3.8) is 0 Å². The fraction of sp³-hybridized carbons (Fsp3) is 0.368. The number of aromatic nitrogens is 3. The van der Waals surface area contributed by atoms with Crippen LogP contribution in [0.15, 0.2) is 49.1 Å². The third kappa shape index (κ3) is 3.63. The Bertz CT molecular complexity index is 786. The van der Waals surface area contributed by atoms with Gasteiger partial charge in [-0.25, -0.2) is 0 Å². The van der Waals surface area contributed by atoms with Crippen molar-refractivity contribution in [2.45, 2.75) is 13.0 Å². The molecule has 1 aromatic carbocycles. The van der Waals surface area contributed by atoms with E-state index in [2.05, 4.69) is 44.1 Å². The van der Waals surface area contributed by atoms with Gasteiger partial charge in [-0.05, 0) is 41.5 Å². The Morgan fingerprint density at radius 2 is 2.25 bits per heavy atom. The van der Waals surface area contributed by atoms with Gasteiger partial charge in [0.15, 0.2) is 0 Å². The van der Waals surface area contributed by atoms with E-state index >= 15 is 0 Å². The summed E-state index contributed by atoms with van der Waals surface area (Å²) in [7, 11) is 0. The van der Waals surface area contributed by atoms with Crippen LogP contribution in [0.5, 0.6) is 0 Å². The third-order valence-corrected chi connectivity index (χ3v) is 4.57. The lowest BCUT2D eigenvalue weighted by atomic mass is 9.98. The summed E-state index contributed by atoms with van der Waals surface area (Å²) in [5.74, 6) is 0.501. The van der Waals surface area contributed by atoms with Gasteiger partial charge in [-0.15, -0.1) is 0 Å². The number of H-pyrrole nitrogens is 1. The average molecular weight is 322 g/mol. The minimum atomic E-state index is 0.501. The maximum Gasteiger partial charge on any atom is 0.0726 e. The van der Waals surface area contributed by atoms with Gasteiger partial charge < -0.3 is 9.72 Å². The number of ether oxygens (including phenoxy) is 1. The van der Waals surface area contributed by atoms with E-state index in [0.717, 1.165) is 45.0 Å². The number of hydrogen-bond acceptors (Lipinski definition) is 4. The minimum absolute atomic E-state index is 0.501. The molecule has 3 heterocycles. The predicted molar refractivity (Wildman–Crippen MR) is 93.6 cm³/mol. The van der Waals surface area contributed by atoms with Gasteiger partial charge in [0.25, 0.3) is 0 Å². The van der Waals surface area contributed by atoms with Crippen molar-refractivity contribution < 1.29 is 4.74 Å². The third-order valence-electron chi connectivity index (χ3n) is 4.57. The standard InChI is InChI=1S/C19H22N4O/c1-2-19-17(3-4-22-19)10-15(1)9-16-12-23(7-8-24-14-16)13-18-11-20-5-6-21-18/h1-6,10-11,16,22H,7-9,12-14H2/t16-/m0/s1. The van der Waals surface area contributed by atoms with Crippen molar-refractivity contribution in [3.05, 3.63) is 60.3 Å². The average Bonchev–Trinajstić information content (AvgIpc) is 2.96. The summed E-state index contributed by atoms with van der Waals surface area (Å²) in [5, 5.41) is 1.28. The highest BCUT2D eigenvalue weighted by atomic mass is 16.5. The molecule has 0 amide bonds. The smallest absolute Gasteiger partial charge is 0.0726 e.